The van der Waals surface area contributed by atoms with Crippen molar-refractivity contribution in [2.24, 2.45) is 0 Å². The minimum absolute atomic E-state index is 0. The molecule has 0 saturated carbocycles. The Bertz CT molecular complexity index is 553. The van der Waals surface area contributed by atoms with Gasteiger partial charge in [-0.2, -0.15) is 0 Å². The van der Waals surface area contributed by atoms with E-state index in [-0.39, 0.29) is 18.0 Å². The van der Waals surface area contributed by atoms with Crippen LogP contribution in [0.25, 0.3) is 10.2 Å². The van der Waals surface area contributed by atoms with Crippen molar-refractivity contribution >= 4 is 42.7 Å². The van der Waals surface area contributed by atoms with E-state index < -0.39 is 0 Å². The minimum Gasteiger partial charge on any atom is -1.00 e. The topological polar surface area (TPSA) is 22.1 Å². The van der Waals surface area contributed by atoms with Crippen LogP contribution in [0.4, 0.5) is 0 Å². The number of hydrogen-bond donors (Lipinski definition) is 0. The van der Waals surface area contributed by atoms with Gasteiger partial charge in [-0.3, -0.25) is 0 Å². The lowest BCUT2D eigenvalue weighted by molar-refractivity contribution is -0.00000588. The molecule has 1 aliphatic heterocycles. The number of fused-ring (bicyclic) bond motifs is 3. The molecular weight excluding hydrogens is 285 g/mol. The molecule has 2 heterocycles. The Morgan fingerprint density at radius 3 is 3.06 bits per heavy atom. The summed E-state index contributed by atoms with van der Waals surface area (Å²) in [5.74, 6) is 0.889. The van der Waals surface area contributed by atoms with Gasteiger partial charge in [-0.05, 0) is 13.8 Å². The fourth-order valence-corrected chi connectivity index (χ4v) is 3.99. The van der Waals surface area contributed by atoms with Crippen molar-refractivity contribution < 1.29 is 17.1 Å². The van der Waals surface area contributed by atoms with Crippen LogP contribution in [0.5, 0.6) is 5.75 Å². The number of nitrogens with zero attached hydrogens (tertiary/aromatic N) is 1. The van der Waals surface area contributed by atoms with Crippen LogP contribution in [0.1, 0.15) is 19.4 Å². The Labute approximate surface area is 112 Å². The molecule has 0 atom stereocenters. The Hall–Kier alpha value is -0.160. The van der Waals surface area contributed by atoms with Gasteiger partial charge in [-0.15, -0.1) is 4.37 Å². The van der Waals surface area contributed by atoms with Gasteiger partial charge < -0.3 is 17.1 Å². The second-order valence-corrected chi connectivity index (χ2v) is 6.59. The highest BCUT2D eigenvalue weighted by atomic mass is 35.5. The van der Waals surface area contributed by atoms with Crippen molar-refractivity contribution in [1.82, 2.24) is 4.37 Å². The molecule has 6 heteroatoms. The lowest BCUT2D eigenvalue weighted by atomic mass is 10.0. The van der Waals surface area contributed by atoms with E-state index in [4.69, 9.17) is 16.3 Å². The van der Waals surface area contributed by atoms with Crippen LogP contribution in [0, 0.1) is 0 Å². The standard InChI is InChI=1S/C10H9ClNOS2.ClH/c1-10(2)4-5-6(11)3-7-8(9(5)13-10)12-15-14-7;/h3H,4H2,1-2H3;1H/q+1;/p-1. The number of aromatic nitrogens is 1. The van der Waals surface area contributed by atoms with Crippen LogP contribution in [0.2, 0.25) is 5.02 Å². The van der Waals surface area contributed by atoms with Gasteiger partial charge in [0.2, 0.25) is 0 Å². The summed E-state index contributed by atoms with van der Waals surface area (Å²) in [6.07, 6.45) is 0.860. The molecule has 0 fully saturated rings. The first-order valence-electron chi connectivity index (χ1n) is 4.66. The van der Waals surface area contributed by atoms with Crippen LogP contribution < -0.4 is 17.1 Å². The minimum atomic E-state index is -0.158. The van der Waals surface area contributed by atoms with Gasteiger partial charge in [-0.1, -0.05) is 11.6 Å². The molecule has 2 nitrogen and oxygen atoms in total. The van der Waals surface area contributed by atoms with E-state index in [1.54, 1.807) is 10.3 Å². The first-order valence-corrected chi connectivity index (χ1v) is 7.14. The van der Waals surface area contributed by atoms with E-state index in [1.807, 2.05) is 6.07 Å². The molecular formula is C10H9Cl2NOS2. The molecule has 2 aromatic rings. The van der Waals surface area contributed by atoms with E-state index in [0.717, 1.165) is 33.0 Å². The second-order valence-electron chi connectivity index (χ2n) is 4.30. The maximum absolute atomic E-state index is 6.24. The molecule has 86 valence electrons. The molecule has 0 unspecified atom stereocenters. The summed E-state index contributed by atoms with van der Waals surface area (Å²) in [7, 11) is 3.11. The maximum atomic E-state index is 6.24. The Kier molecular flexibility index (Phi) is 3.03. The zero-order chi connectivity index (χ0) is 10.6. The lowest BCUT2D eigenvalue weighted by Crippen LogP contribution is -3.00. The van der Waals surface area contributed by atoms with Crippen molar-refractivity contribution in [3.63, 3.8) is 0 Å². The van der Waals surface area contributed by atoms with Gasteiger partial charge in [0.15, 0.2) is 11.3 Å². The second kappa shape index (κ2) is 3.95. The molecule has 0 radical (unpaired) electrons. The quantitative estimate of drug-likeness (QED) is 0.534. The van der Waals surface area contributed by atoms with Crippen LogP contribution >= 0.6 is 32.5 Å². The molecule has 0 spiro atoms. The van der Waals surface area contributed by atoms with Gasteiger partial charge in [0, 0.05) is 18.1 Å². The van der Waals surface area contributed by atoms with Gasteiger partial charge in [0.05, 0.1) is 5.02 Å². The molecule has 16 heavy (non-hydrogen) atoms. The molecule has 1 aromatic carbocycles. The molecule has 0 saturated heterocycles. The molecule has 1 aromatic heterocycles. The van der Waals surface area contributed by atoms with Gasteiger partial charge in [0.25, 0.3) is 15.2 Å². The van der Waals surface area contributed by atoms with E-state index in [0.29, 0.717) is 0 Å². The summed E-state index contributed by atoms with van der Waals surface area (Å²) in [6, 6.07) is 1.99. The third-order valence-electron chi connectivity index (χ3n) is 2.51. The zero-order valence-electron chi connectivity index (χ0n) is 8.71. The first-order chi connectivity index (χ1) is 7.07. The van der Waals surface area contributed by atoms with Crippen molar-refractivity contribution in [3.8, 4) is 5.75 Å². The highest BCUT2D eigenvalue weighted by Gasteiger charge is 2.35. The predicted molar refractivity (Wildman–Crippen MR) is 65.3 cm³/mol. The zero-order valence-corrected chi connectivity index (χ0v) is 11.9. The van der Waals surface area contributed by atoms with Gasteiger partial charge >= 0.3 is 10.3 Å². The molecule has 0 amide bonds. The number of rotatable bonds is 0. The first kappa shape index (κ1) is 12.3. The molecule has 0 N–H and O–H groups in total. The van der Waals surface area contributed by atoms with Crippen molar-refractivity contribution in [1.29, 1.82) is 0 Å². The summed E-state index contributed by atoms with van der Waals surface area (Å²) < 4.78 is 11.4. The number of hydrogen-bond acceptors (Lipinski definition) is 3. The van der Waals surface area contributed by atoms with Crippen molar-refractivity contribution in [2.75, 3.05) is 0 Å². The predicted octanol–water partition coefficient (Wildman–Crippen LogP) is 1.01. The highest BCUT2D eigenvalue weighted by molar-refractivity contribution is 7.69. The number of halogens is 2. The normalized spacial score (nSPS) is 16.7. The van der Waals surface area contributed by atoms with Crippen molar-refractivity contribution in [2.45, 2.75) is 25.9 Å². The smallest absolute Gasteiger partial charge is 0.323 e. The summed E-state index contributed by atoms with van der Waals surface area (Å²) in [4.78, 5) is 0. The fourth-order valence-electron chi connectivity index (χ4n) is 1.89. The fraction of sp³-hybridized carbons (Fsp3) is 0.400. The van der Waals surface area contributed by atoms with Crippen LogP contribution in [-0.4, -0.2) is 9.97 Å². The van der Waals surface area contributed by atoms with E-state index in [2.05, 4.69) is 18.2 Å². The van der Waals surface area contributed by atoms with Gasteiger partial charge in [0.1, 0.15) is 5.60 Å². The Balaban J connectivity index is 0.000000963. The van der Waals surface area contributed by atoms with Crippen LogP contribution in [0.3, 0.4) is 0 Å². The molecule has 0 bridgehead atoms. The van der Waals surface area contributed by atoms with Crippen LogP contribution in [0.15, 0.2) is 6.07 Å². The average Bonchev–Trinajstić information content (AvgIpc) is 2.67. The van der Waals surface area contributed by atoms with E-state index in [1.165, 1.54) is 10.5 Å². The third-order valence-corrected chi connectivity index (χ3v) is 4.65. The van der Waals surface area contributed by atoms with Crippen LogP contribution in [-0.2, 0) is 6.42 Å². The van der Waals surface area contributed by atoms with Crippen molar-refractivity contribution in [3.05, 3.63) is 16.7 Å². The third kappa shape index (κ3) is 1.78. The Morgan fingerprint density at radius 2 is 2.31 bits per heavy atom. The summed E-state index contributed by atoms with van der Waals surface area (Å²) in [5, 5.41) is 0.805. The van der Waals surface area contributed by atoms with E-state index in [9.17, 15) is 0 Å². The van der Waals surface area contributed by atoms with Gasteiger partial charge in [-0.25, -0.2) is 0 Å². The highest BCUT2D eigenvalue weighted by Crippen LogP contribution is 2.45. The Morgan fingerprint density at radius 1 is 1.56 bits per heavy atom. The average molecular weight is 294 g/mol. The number of benzene rings is 1. The maximum Gasteiger partial charge on any atom is 0.323 e. The van der Waals surface area contributed by atoms with E-state index >= 15 is 0 Å². The lowest BCUT2D eigenvalue weighted by Gasteiger charge is -2.16. The molecule has 3 rings (SSSR count). The summed E-state index contributed by atoms with van der Waals surface area (Å²) >= 11 is 6.24. The monoisotopic (exact) mass is 293 g/mol. The molecule has 0 aliphatic carbocycles. The summed E-state index contributed by atoms with van der Waals surface area (Å²) in [5.41, 5.74) is 1.91. The SMILES string of the molecule is CC1(C)Cc2c(Cl)cc3[s+]snc3c2O1.[Cl-]. The number of ether oxygens (including phenoxy) is 1. The summed E-state index contributed by atoms with van der Waals surface area (Å²) in [6.45, 7) is 4.15. The largest absolute Gasteiger partial charge is 1.00 e. The molecule has 1 aliphatic rings.